The Morgan fingerprint density at radius 1 is 1.19 bits per heavy atom. The molecule has 110 valence electrons. The molecule has 2 N–H and O–H groups in total. The minimum absolute atomic E-state index is 0.347. The first-order valence-electron chi connectivity index (χ1n) is 7.25. The zero-order valence-electron chi connectivity index (χ0n) is 11.7. The molecule has 3 heterocycles. The van der Waals surface area contributed by atoms with Crippen LogP contribution in [-0.2, 0) is 12.8 Å². The monoisotopic (exact) mass is 287 g/mol. The van der Waals surface area contributed by atoms with Gasteiger partial charge in [0.2, 0.25) is 0 Å². The van der Waals surface area contributed by atoms with Crippen molar-refractivity contribution < 1.29 is 4.79 Å². The first-order chi connectivity index (χ1) is 10.2. The second-order valence-corrected chi connectivity index (χ2v) is 5.50. The van der Waals surface area contributed by atoms with Crippen LogP contribution in [-0.4, -0.2) is 56.7 Å². The average molecular weight is 287 g/mol. The van der Waals surface area contributed by atoms with E-state index in [1.807, 2.05) is 4.52 Å². The van der Waals surface area contributed by atoms with Gasteiger partial charge in [-0.05, 0) is 19.3 Å². The van der Waals surface area contributed by atoms with Crippen molar-refractivity contribution in [1.29, 1.82) is 0 Å². The number of aromatic nitrogens is 4. The van der Waals surface area contributed by atoms with Crippen LogP contribution < -0.4 is 10.6 Å². The maximum atomic E-state index is 11.2. The molecule has 1 aliphatic heterocycles. The van der Waals surface area contributed by atoms with E-state index in [0.29, 0.717) is 18.9 Å². The molecular formula is C13H17N7O. The Bertz CT molecular complexity index is 702. The van der Waals surface area contributed by atoms with Crippen LogP contribution in [0.2, 0.25) is 0 Å². The van der Waals surface area contributed by atoms with Crippen molar-refractivity contribution >= 4 is 17.6 Å². The minimum atomic E-state index is -0.347. The lowest BCUT2D eigenvalue weighted by molar-refractivity contribution is 0.204. The number of primary amides is 1. The van der Waals surface area contributed by atoms with E-state index in [9.17, 15) is 4.79 Å². The smallest absolute Gasteiger partial charge is 0.314 e. The number of amides is 2. The molecule has 2 aromatic rings. The highest BCUT2D eigenvalue weighted by molar-refractivity contribution is 5.72. The third-order valence-electron chi connectivity index (χ3n) is 4.31. The molecule has 0 unspecified atom stereocenters. The van der Waals surface area contributed by atoms with E-state index < -0.39 is 0 Å². The molecule has 1 aliphatic carbocycles. The van der Waals surface area contributed by atoms with Crippen molar-refractivity contribution in [3.8, 4) is 0 Å². The Hall–Kier alpha value is -2.38. The van der Waals surface area contributed by atoms with Gasteiger partial charge in [-0.1, -0.05) is 0 Å². The lowest BCUT2D eigenvalue weighted by Gasteiger charge is -2.35. The van der Waals surface area contributed by atoms with E-state index in [0.717, 1.165) is 43.9 Å². The van der Waals surface area contributed by atoms with Gasteiger partial charge in [-0.25, -0.2) is 9.78 Å². The van der Waals surface area contributed by atoms with Gasteiger partial charge in [0, 0.05) is 31.7 Å². The summed E-state index contributed by atoms with van der Waals surface area (Å²) in [7, 11) is 0. The molecule has 0 aromatic carbocycles. The number of hydrogen-bond donors (Lipinski definition) is 1. The van der Waals surface area contributed by atoms with Crippen LogP contribution in [0.4, 0.5) is 10.6 Å². The zero-order chi connectivity index (χ0) is 14.4. The number of piperazine rings is 1. The quantitative estimate of drug-likeness (QED) is 0.785. The summed E-state index contributed by atoms with van der Waals surface area (Å²) in [6.45, 7) is 2.80. The van der Waals surface area contributed by atoms with Crippen LogP contribution in [0.3, 0.4) is 0 Å². The van der Waals surface area contributed by atoms with Crippen molar-refractivity contribution in [2.45, 2.75) is 19.3 Å². The number of fused-ring (bicyclic) bond motifs is 2. The van der Waals surface area contributed by atoms with Crippen LogP contribution >= 0.6 is 0 Å². The van der Waals surface area contributed by atoms with Gasteiger partial charge < -0.3 is 15.5 Å². The van der Waals surface area contributed by atoms with Crippen molar-refractivity contribution in [3.63, 3.8) is 0 Å². The maximum absolute atomic E-state index is 11.2. The molecule has 2 aliphatic rings. The molecule has 8 heteroatoms. The molecule has 1 fully saturated rings. The fraction of sp³-hybridized carbons (Fsp3) is 0.538. The van der Waals surface area contributed by atoms with Crippen LogP contribution in [0.15, 0.2) is 6.33 Å². The summed E-state index contributed by atoms with van der Waals surface area (Å²) in [5, 5.41) is 4.32. The van der Waals surface area contributed by atoms with Gasteiger partial charge in [0.1, 0.15) is 12.1 Å². The average Bonchev–Trinajstić information content (AvgIpc) is 3.12. The second-order valence-electron chi connectivity index (χ2n) is 5.50. The second kappa shape index (κ2) is 4.57. The Labute approximate surface area is 121 Å². The van der Waals surface area contributed by atoms with Crippen LogP contribution in [0.1, 0.15) is 17.7 Å². The van der Waals surface area contributed by atoms with E-state index in [1.54, 1.807) is 11.2 Å². The molecule has 0 atom stereocenters. The Morgan fingerprint density at radius 3 is 2.76 bits per heavy atom. The summed E-state index contributed by atoms with van der Waals surface area (Å²) in [5.74, 6) is 1.75. The van der Waals surface area contributed by atoms with E-state index in [-0.39, 0.29) is 6.03 Å². The molecule has 0 bridgehead atoms. The predicted octanol–water partition coefficient (Wildman–Crippen LogP) is -0.186. The van der Waals surface area contributed by atoms with E-state index in [1.165, 1.54) is 5.56 Å². The first kappa shape index (κ1) is 12.4. The van der Waals surface area contributed by atoms with Crippen LogP contribution in [0.5, 0.6) is 0 Å². The molecule has 2 aromatic heterocycles. The Kier molecular flexibility index (Phi) is 2.69. The fourth-order valence-corrected chi connectivity index (χ4v) is 3.27. The predicted molar refractivity (Wildman–Crippen MR) is 76.2 cm³/mol. The number of carbonyl (C=O) groups excluding carboxylic acids is 1. The van der Waals surface area contributed by atoms with Crippen molar-refractivity contribution in [2.24, 2.45) is 5.73 Å². The number of nitrogens with two attached hydrogens (primary N) is 1. The Balaban J connectivity index is 1.73. The molecule has 1 saturated heterocycles. The number of nitrogens with zero attached hydrogens (tertiary/aromatic N) is 6. The SMILES string of the molecule is NC(=O)N1CCN(c2c3c(nc4ncnn24)CCC3)CC1. The maximum Gasteiger partial charge on any atom is 0.314 e. The highest BCUT2D eigenvalue weighted by Gasteiger charge is 2.27. The third-order valence-corrected chi connectivity index (χ3v) is 4.31. The zero-order valence-corrected chi connectivity index (χ0v) is 11.7. The summed E-state index contributed by atoms with van der Waals surface area (Å²) < 4.78 is 1.82. The van der Waals surface area contributed by atoms with Gasteiger partial charge in [0.05, 0.1) is 5.69 Å². The number of hydrogen-bond acceptors (Lipinski definition) is 5. The molecule has 0 radical (unpaired) electrons. The van der Waals surface area contributed by atoms with Gasteiger partial charge in [0.25, 0.3) is 5.78 Å². The number of anilines is 1. The number of carbonyl (C=O) groups is 1. The summed E-state index contributed by atoms with van der Waals surface area (Å²) in [6, 6.07) is -0.347. The first-order valence-corrected chi connectivity index (χ1v) is 7.25. The number of rotatable bonds is 1. The fourth-order valence-electron chi connectivity index (χ4n) is 3.27. The summed E-state index contributed by atoms with van der Waals surface area (Å²) in [5.41, 5.74) is 7.77. The molecule has 4 rings (SSSR count). The topological polar surface area (TPSA) is 92.7 Å². The summed E-state index contributed by atoms with van der Waals surface area (Å²) >= 11 is 0. The van der Waals surface area contributed by atoms with E-state index in [4.69, 9.17) is 5.73 Å². The van der Waals surface area contributed by atoms with E-state index >= 15 is 0 Å². The van der Waals surface area contributed by atoms with Crippen LogP contribution in [0.25, 0.3) is 5.78 Å². The minimum Gasteiger partial charge on any atom is -0.353 e. The molecule has 0 saturated carbocycles. The van der Waals surface area contributed by atoms with Crippen LogP contribution in [0, 0.1) is 0 Å². The molecular weight excluding hydrogens is 270 g/mol. The Morgan fingerprint density at radius 2 is 2.00 bits per heavy atom. The van der Waals surface area contributed by atoms with Gasteiger partial charge in [0.15, 0.2) is 0 Å². The molecule has 8 nitrogen and oxygen atoms in total. The molecule has 21 heavy (non-hydrogen) atoms. The molecule has 2 amide bonds. The van der Waals surface area contributed by atoms with E-state index in [2.05, 4.69) is 20.0 Å². The van der Waals surface area contributed by atoms with Crippen molar-refractivity contribution in [2.75, 3.05) is 31.1 Å². The normalized spacial score (nSPS) is 18.3. The van der Waals surface area contributed by atoms with Crippen molar-refractivity contribution in [1.82, 2.24) is 24.5 Å². The van der Waals surface area contributed by atoms with Crippen molar-refractivity contribution in [3.05, 3.63) is 17.6 Å². The largest absolute Gasteiger partial charge is 0.353 e. The highest BCUT2D eigenvalue weighted by Crippen LogP contribution is 2.30. The van der Waals surface area contributed by atoms with Gasteiger partial charge >= 0.3 is 6.03 Å². The van der Waals surface area contributed by atoms with Gasteiger partial charge in [-0.2, -0.15) is 14.6 Å². The molecule has 0 spiro atoms. The number of urea groups is 1. The van der Waals surface area contributed by atoms with Gasteiger partial charge in [-0.15, -0.1) is 0 Å². The lowest BCUT2D eigenvalue weighted by Crippen LogP contribution is -2.51. The number of aryl methyl sites for hydroxylation is 1. The summed E-state index contributed by atoms with van der Waals surface area (Å²) in [6.07, 6.45) is 4.71. The van der Waals surface area contributed by atoms with Gasteiger partial charge in [-0.3, -0.25) is 0 Å². The lowest BCUT2D eigenvalue weighted by atomic mass is 10.2. The third kappa shape index (κ3) is 1.90. The highest BCUT2D eigenvalue weighted by atomic mass is 16.2. The standard InChI is InChI=1S/C13H17N7O/c14-12(21)19-6-4-18(5-7-19)11-9-2-1-3-10(9)17-13-15-8-16-20(11)13/h8H,1-7H2,(H2,14,21). The summed E-state index contributed by atoms with van der Waals surface area (Å²) in [4.78, 5) is 24.0.